The molecule has 0 atom stereocenters. The molecule has 68 heavy (non-hydrogen) atoms. The molecular weight excluding hydrogens is 927 g/mol. The van der Waals surface area contributed by atoms with Crippen molar-refractivity contribution in [2.45, 2.75) is 163 Å². The highest BCUT2D eigenvalue weighted by atomic mass is 32.2. The zero-order chi connectivity index (χ0) is 50.4. The Morgan fingerprint density at radius 2 is 0.868 bits per heavy atom. The van der Waals surface area contributed by atoms with Crippen molar-refractivity contribution in [1.29, 1.82) is 0 Å². The fraction of sp³-hybridized carbons (Fsp3) is 0.667. The Kier molecular flexibility index (Phi) is 12.3. The number of nitrogens with zero attached hydrogens (tertiary/aromatic N) is 3. The minimum atomic E-state index is -4.21. The van der Waals surface area contributed by atoms with Crippen molar-refractivity contribution in [2.75, 3.05) is 19.6 Å². The van der Waals surface area contributed by atoms with Gasteiger partial charge >= 0.3 is 18.3 Å². The second kappa shape index (κ2) is 16.5. The van der Waals surface area contributed by atoms with Crippen molar-refractivity contribution < 1.29 is 55.3 Å². The van der Waals surface area contributed by atoms with E-state index in [0.717, 1.165) is 6.07 Å². The van der Waals surface area contributed by atoms with Gasteiger partial charge in [0, 0.05) is 48.4 Å². The molecule has 3 amide bonds. The number of nitro benzene ring substituents is 2. The van der Waals surface area contributed by atoms with E-state index in [1.165, 1.54) is 46.8 Å². The Morgan fingerprint density at radius 3 is 1.21 bits per heavy atom. The van der Waals surface area contributed by atoms with E-state index in [-0.39, 0.29) is 51.2 Å². The third-order valence-corrected chi connectivity index (χ3v) is 16.7. The third kappa shape index (κ3) is 10.5. The SMILES string of the molecule is CC(C)(C)OC(=O)NC12CC(CN(CC34CC(NC(=O)OC(C)(C)C)(C3)C4)S(=O)(=O)c3ccccc3[N+](=O)[O-])(C1)C2.CC(C)(C)OC(=O)NC12CC(CNS(=O)(=O)c3ccccc3[N+](=O)[O-])(C1)C2. The summed E-state index contributed by atoms with van der Waals surface area (Å²) in [7, 11) is -8.20. The van der Waals surface area contributed by atoms with Crippen molar-refractivity contribution in [2.24, 2.45) is 16.2 Å². The lowest BCUT2D eigenvalue weighted by Gasteiger charge is -2.73. The van der Waals surface area contributed by atoms with Gasteiger partial charge in [-0.2, -0.15) is 4.31 Å². The molecule has 9 aliphatic rings. The molecule has 0 unspecified atom stereocenters. The van der Waals surface area contributed by atoms with Gasteiger partial charge in [-0.25, -0.2) is 35.9 Å². The normalized spacial score (nSPS) is 29.5. The molecule has 6 bridgehead atoms. The van der Waals surface area contributed by atoms with E-state index >= 15 is 0 Å². The van der Waals surface area contributed by atoms with Crippen LogP contribution in [0.4, 0.5) is 25.8 Å². The van der Waals surface area contributed by atoms with E-state index in [1.54, 1.807) is 62.3 Å². The zero-order valence-corrected chi connectivity index (χ0v) is 41.6. The van der Waals surface area contributed by atoms with Gasteiger partial charge in [-0.1, -0.05) is 24.3 Å². The summed E-state index contributed by atoms with van der Waals surface area (Å²) in [6.07, 6.45) is 4.15. The molecule has 9 aliphatic carbocycles. The minimum absolute atomic E-state index is 0.180. The first kappa shape index (κ1) is 50.7. The summed E-state index contributed by atoms with van der Waals surface area (Å²) in [6.45, 7) is 16.7. The lowest BCUT2D eigenvalue weighted by molar-refractivity contribution is -0.388. The second-order valence-electron chi connectivity index (χ2n) is 23.4. The molecule has 0 radical (unpaired) electrons. The van der Waals surface area contributed by atoms with Gasteiger partial charge in [0.05, 0.1) is 9.85 Å². The van der Waals surface area contributed by atoms with Crippen LogP contribution in [0.3, 0.4) is 0 Å². The summed E-state index contributed by atoms with van der Waals surface area (Å²) >= 11 is 0. The van der Waals surface area contributed by atoms with Crippen LogP contribution in [0.2, 0.25) is 0 Å². The maximum absolute atomic E-state index is 14.0. The highest BCUT2D eigenvalue weighted by Crippen LogP contribution is 2.70. The third-order valence-electron chi connectivity index (χ3n) is 13.4. The highest BCUT2D eigenvalue weighted by molar-refractivity contribution is 7.89. The maximum Gasteiger partial charge on any atom is 0.408 e. The van der Waals surface area contributed by atoms with E-state index in [9.17, 15) is 51.4 Å². The molecule has 0 aliphatic heterocycles. The molecule has 0 spiro atoms. The highest BCUT2D eigenvalue weighted by Gasteiger charge is 2.72. The first-order valence-electron chi connectivity index (χ1n) is 22.5. The van der Waals surface area contributed by atoms with Crippen molar-refractivity contribution >= 4 is 49.7 Å². The van der Waals surface area contributed by atoms with Gasteiger partial charge in [-0.3, -0.25) is 20.2 Å². The zero-order valence-electron chi connectivity index (χ0n) is 40.0. The Morgan fingerprint density at radius 1 is 0.559 bits per heavy atom. The van der Waals surface area contributed by atoms with Gasteiger partial charge in [-0.15, -0.1) is 0 Å². The summed E-state index contributed by atoms with van der Waals surface area (Å²) in [4.78, 5) is 57.3. The Hall–Kier alpha value is -5.13. The topological polar surface area (TPSA) is 285 Å². The van der Waals surface area contributed by atoms with Gasteiger partial charge in [0.2, 0.25) is 20.0 Å². The number of ether oxygens (including phenoxy) is 3. The average Bonchev–Trinajstić information content (AvgIpc) is 3.09. The number of benzene rings is 2. The summed E-state index contributed by atoms with van der Waals surface area (Å²) in [5.41, 5.74) is -4.74. The number of carbonyl (C=O) groups is 3. The molecule has 11 rings (SSSR count). The summed E-state index contributed by atoms with van der Waals surface area (Å²) < 4.78 is 72.9. The van der Waals surface area contributed by atoms with Crippen LogP contribution < -0.4 is 20.7 Å². The monoisotopic (exact) mass is 989 g/mol. The van der Waals surface area contributed by atoms with E-state index in [0.29, 0.717) is 57.8 Å². The number of alkyl carbamates (subject to hydrolysis) is 3. The number of hydrogen-bond acceptors (Lipinski definition) is 14. The van der Waals surface area contributed by atoms with E-state index in [4.69, 9.17) is 14.2 Å². The number of hydrogen-bond donors (Lipinski definition) is 4. The first-order chi connectivity index (χ1) is 31.0. The van der Waals surface area contributed by atoms with Gasteiger partial charge in [0.15, 0.2) is 9.79 Å². The number of para-hydroxylation sites is 2. The number of amides is 3. The molecule has 0 aromatic heterocycles. The van der Waals surface area contributed by atoms with Gasteiger partial charge in [-0.05, 0) is 148 Å². The summed E-state index contributed by atoms with van der Waals surface area (Å²) in [5.74, 6) is 0. The van der Waals surface area contributed by atoms with Crippen molar-refractivity contribution in [3.8, 4) is 0 Å². The summed E-state index contributed by atoms with van der Waals surface area (Å²) in [6, 6.07) is 10.7. The van der Waals surface area contributed by atoms with Crippen LogP contribution in [0.5, 0.6) is 0 Å². The fourth-order valence-corrected chi connectivity index (χ4v) is 14.7. The number of carbonyl (C=O) groups excluding carboxylic acids is 3. The molecule has 0 saturated heterocycles. The molecule has 9 saturated carbocycles. The average molecular weight is 990 g/mol. The summed E-state index contributed by atoms with van der Waals surface area (Å²) in [5, 5.41) is 31.5. The minimum Gasteiger partial charge on any atom is -0.444 e. The fourth-order valence-electron chi connectivity index (χ4n) is 11.6. The predicted octanol–water partition coefficient (Wildman–Crippen LogP) is 6.80. The predicted molar refractivity (Wildman–Crippen MR) is 245 cm³/mol. The van der Waals surface area contributed by atoms with Crippen LogP contribution in [0, 0.1) is 36.5 Å². The number of rotatable bonds is 15. The lowest BCUT2D eigenvalue weighted by atomic mass is 9.38. The van der Waals surface area contributed by atoms with Crippen LogP contribution in [-0.2, 0) is 34.3 Å². The van der Waals surface area contributed by atoms with Crippen LogP contribution in [0.15, 0.2) is 58.3 Å². The molecule has 0 heterocycles. The molecular formula is C45H63N7O14S2. The Balaban J connectivity index is 0.000000220. The van der Waals surface area contributed by atoms with Crippen LogP contribution in [-0.4, -0.2) is 102 Å². The van der Waals surface area contributed by atoms with E-state index in [1.807, 2.05) is 0 Å². The van der Waals surface area contributed by atoms with E-state index < -0.39 is 87.4 Å². The number of nitro groups is 2. The van der Waals surface area contributed by atoms with Gasteiger partial charge in [0.1, 0.15) is 16.8 Å². The molecule has 21 nitrogen and oxygen atoms in total. The van der Waals surface area contributed by atoms with Crippen LogP contribution in [0.1, 0.15) is 120 Å². The molecule has 374 valence electrons. The largest absolute Gasteiger partial charge is 0.444 e. The quantitative estimate of drug-likeness (QED) is 0.0811. The van der Waals surface area contributed by atoms with Gasteiger partial charge in [0.25, 0.3) is 11.4 Å². The standard InChI is InChI=1S/C28H40N4O8S.C17H23N3O6S/c1-23(2,3)39-21(33)29-27-11-25(12-27,13-27)17-31(41(37,38)20-10-8-7-9-19(20)32(35)36)18-26-14-28(15-26,16-26)30-22(34)40-24(4,5)6;1-15(2,3)26-14(21)19-17-8-16(9-17,10-17)11-18-27(24,25)13-7-5-4-6-12(13)20(22)23/h7-10H,11-18H2,1-6H3,(H,29,33)(H,30,34);4-7,18H,8-11H2,1-3H3,(H,19,21). The molecule has 9 fully saturated rings. The smallest absolute Gasteiger partial charge is 0.408 e. The van der Waals surface area contributed by atoms with Crippen LogP contribution >= 0.6 is 0 Å². The number of sulfonamides is 2. The molecule has 2 aromatic rings. The van der Waals surface area contributed by atoms with Crippen molar-refractivity contribution in [1.82, 2.24) is 25.0 Å². The number of nitrogens with one attached hydrogen (secondary N) is 4. The Labute approximate surface area is 396 Å². The lowest BCUT2D eigenvalue weighted by Crippen LogP contribution is -2.79. The van der Waals surface area contributed by atoms with Gasteiger partial charge < -0.3 is 30.2 Å². The van der Waals surface area contributed by atoms with Crippen LogP contribution in [0.25, 0.3) is 0 Å². The second-order valence-corrected chi connectivity index (χ2v) is 27.0. The molecule has 2 aromatic carbocycles. The van der Waals surface area contributed by atoms with Crippen molar-refractivity contribution in [3.05, 3.63) is 68.8 Å². The molecule has 23 heteroatoms. The van der Waals surface area contributed by atoms with E-state index in [2.05, 4.69) is 20.7 Å². The Bertz CT molecular complexity index is 2510. The maximum atomic E-state index is 14.0. The van der Waals surface area contributed by atoms with Crippen molar-refractivity contribution in [3.63, 3.8) is 0 Å². The molecule has 4 N–H and O–H groups in total. The first-order valence-corrected chi connectivity index (χ1v) is 25.5.